The van der Waals surface area contributed by atoms with Crippen LogP contribution >= 0.6 is 0 Å². The van der Waals surface area contributed by atoms with Gasteiger partial charge in [0.2, 0.25) is 0 Å². The van der Waals surface area contributed by atoms with Crippen LogP contribution in [0.15, 0.2) is 0 Å². The van der Waals surface area contributed by atoms with E-state index in [-0.39, 0.29) is 58.4 Å². The summed E-state index contributed by atoms with van der Waals surface area (Å²) in [5.74, 6) is 0. The summed E-state index contributed by atoms with van der Waals surface area (Å²) in [6.07, 6.45) is 35.4. The van der Waals surface area contributed by atoms with Crippen molar-refractivity contribution in [3.8, 4) is 0 Å². The van der Waals surface area contributed by atoms with Crippen LogP contribution in [0.4, 0.5) is 0 Å². The van der Waals surface area contributed by atoms with Gasteiger partial charge in [-0.25, -0.2) is 0 Å². The normalized spacial score (nSPS) is 16.1. The molecule has 0 spiro atoms. The zero-order valence-corrected chi connectivity index (χ0v) is 40.4. The van der Waals surface area contributed by atoms with Crippen molar-refractivity contribution in [3.63, 3.8) is 0 Å². The van der Waals surface area contributed by atoms with Gasteiger partial charge in [0.25, 0.3) is 0 Å². The molecule has 0 saturated heterocycles. The van der Waals surface area contributed by atoms with Crippen LogP contribution in [-0.2, 0) is 0 Å². The van der Waals surface area contributed by atoms with E-state index in [2.05, 4.69) is 13.8 Å². The van der Waals surface area contributed by atoms with Crippen molar-refractivity contribution in [2.24, 2.45) is 0 Å². The third-order valence-electron chi connectivity index (χ3n) is 11.6. The number of hydrogen-bond acceptors (Lipinski definition) is 4. The minimum Gasteiger partial charge on any atom is -1.00 e. The third kappa shape index (κ3) is 37.0. The second kappa shape index (κ2) is 40.5. The van der Waals surface area contributed by atoms with Crippen LogP contribution in [0.2, 0.25) is 0 Å². The second-order valence-electron chi connectivity index (χ2n) is 17.9. The maximum Gasteiger partial charge on any atom is 0.105 e. The molecular formula is C46H98Br2N2O4. The van der Waals surface area contributed by atoms with Gasteiger partial charge in [0.05, 0.1) is 26.2 Å². The molecular weight excluding hydrogens is 804 g/mol. The van der Waals surface area contributed by atoms with Gasteiger partial charge in [-0.3, -0.25) is 0 Å². The van der Waals surface area contributed by atoms with Crippen LogP contribution in [0.1, 0.15) is 221 Å². The van der Waals surface area contributed by atoms with Crippen molar-refractivity contribution >= 4 is 0 Å². The Hall–Kier alpha value is 0.720. The summed E-state index contributed by atoms with van der Waals surface area (Å²) in [4.78, 5) is 0. The standard InChI is InChI=1S/C46H98N2O4.2BrH/c1-7-9-11-13-15-17-19-21-23-25-27-31-35-47(39-43(3)49,40-44(4)50)37-33-29-30-34-38-48(41-45(5)51,42-46(6)52)36-32-28-26-24-22-20-18-16-14-12-10-8-2;;/h43-46,49-52H,7-42H2,1-6H3;2*1H/q+2;;/p-2. The molecule has 0 radical (unpaired) electrons. The minimum atomic E-state index is -0.366. The van der Waals surface area contributed by atoms with E-state index < -0.39 is 0 Å². The van der Waals surface area contributed by atoms with Crippen LogP contribution in [0.5, 0.6) is 0 Å². The Bertz CT molecular complexity index is 662. The van der Waals surface area contributed by atoms with Gasteiger partial charge in [0.1, 0.15) is 50.6 Å². The summed E-state index contributed by atoms with van der Waals surface area (Å²) in [6, 6.07) is 0. The Morgan fingerprint density at radius 2 is 0.426 bits per heavy atom. The first-order chi connectivity index (χ1) is 25.0. The largest absolute Gasteiger partial charge is 1.00 e. The lowest BCUT2D eigenvalue weighted by Gasteiger charge is -2.41. The molecule has 4 atom stereocenters. The number of unbranched alkanes of at least 4 members (excludes halogenated alkanes) is 25. The number of nitrogens with zero attached hydrogens (tertiary/aromatic N) is 2. The molecule has 0 fully saturated rings. The number of aliphatic hydroxyl groups is 4. The molecule has 0 aromatic rings. The first-order valence-electron chi connectivity index (χ1n) is 23.4. The van der Waals surface area contributed by atoms with E-state index in [0.717, 1.165) is 87.0 Å². The lowest BCUT2D eigenvalue weighted by atomic mass is 10.0. The summed E-state index contributed by atoms with van der Waals surface area (Å²) >= 11 is 0. The molecule has 8 heteroatoms. The zero-order chi connectivity index (χ0) is 38.8. The molecule has 330 valence electrons. The maximum atomic E-state index is 10.5. The van der Waals surface area contributed by atoms with Crippen LogP contribution < -0.4 is 34.0 Å². The maximum absolute atomic E-state index is 10.5. The van der Waals surface area contributed by atoms with Gasteiger partial charge < -0.3 is 63.4 Å². The smallest absolute Gasteiger partial charge is 0.105 e. The third-order valence-corrected chi connectivity index (χ3v) is 11.6. The predicted octanol–water partition coefficient (Wildman–Crippen LogP) is 5.11. The van der Waals surface area contributed by atoms with Crippen LogP contribution in [0.25, 0.3) is 0 Å². The van der Waals surface area contributed by atoms with E-state index in [1.165, 1.54) is 154 Å². The highest BCUT2D eigenvalue weighted by Crippen LogP contribution is 2.21. The fourth-order valence-electron chi connectivity index (χ4n) is 9.17. The summed E-state index contributed by atoms with van der Waals surface area (Å²) in [6.45, 7) is 19.3. The van der Waals surface area contributed by atoms with E-state index in [1.54, 1.807) is 0 Å². The Morgan fingerprint density at radius 3 is 0.574 bits per heavy atom. The highest BCUT2D eigenvalue weighted by molar-refractivity contribution is 4.60. The molecule has 4 N–H and O–H groups in total. The highest BCUT2D eigenvalue weighted by Gasteiger charge is 2.32. The molecule has 0 heterocycles. The Balaban J connectivity index is -0.0000130. The molecule has 54 heavy (non-hydrogen) atoms. The molecule has 0 aromatic heterocycles. The number of halogens is 2. The molecule has 0 amide bonds. The van der Waals surface area contributed by atoms with E-state index in [4.69, 9.17) is 0 Å². The number of hydrogen-bond donors (Lipinski definition) is 4. The number of quaternary nitrogens is 2. The molecule has 0 aliphatic carbocycles. The van der Waals surface area contributed by atoms with E-state index in [0.29, 0.717) is 0 Å². The monoisotopic (exact) mass is 901 g/mol. The summed E-state index contributed by atoms with van der Waals surface area (Å²) in [5, 5.41) is 42.0. The quantitative estimate of drug-likeness (QED) is 0.0509. The molecule has 0 rings (SSSR count). The minimum absolute atomic E-state index is 0. The van der Waals surface area contributed by atoms with Crippen molar-refractivity contribution in [2.75, 3.05) is 52.4 Å². The van der Waals surface area contributed by atoms with Gasteiger partial charge in [0, 0.05) is 0 Å². The van der Waals surface area contributed by atoms with Crippen molar-refractivity contribution in [1.29, 1.82) is 0 Å². The van der Waals surface area contributed by atoms with Crippen molar-refractivity contribution in [3.05, 3.63) is 0 Å². The Kier molecular flexibility index (Phi) is 44.3. The Labute approximate surface area is 359 Å². The molecule has 0 aliphatic heterocycles. The summed E-state index contributed by atoms with van der Waals surface area (Å²) < 4.78 is 1.66. The SMILES string of the molecule is CCCCCCCCCCCCCC[N+](CCCCCC[N+](CCCCCCCCCCCCCC)(CC(C)O)CC(C)O)(CC(C)O)CC(C)O.[Br-].[Br-]. The second-order valence-corrected chi connectivity index (χ2v) is 17.9. The summed E-state index contributed by atoms with van der Waals surface area (Å²) in [7, 11) is 0. The number of aliphatic hydroxyl groups excluding tert-OH is 4. The van der Waals surface area contributed by atoms with E-state index in [1.807, 2.05) is 27.7 Å². The fraction of sp³-hybridized carbons (Fsp3) is 1.00. The molecule has 0 aromatic carbocycles. The first kappa shape index (κ1) is 59.0. The average Bonchev–Trinajstić information content (AvgIpc) is 3.06. The lowest BCUT2D eigenvalue weighted by molar-refractivity contribution is -0.934. The molecule has 0 aliphatic rings. The average molecular weight is 903 g/mol. The van der Waals surface area contributed by atoms with Gasteiger partial charge >= 0.3 is 0 Å². The Morgan fingerprint density at radius 1 is 0.278 bits per heavy atom. The van der Waals surface area contributed by atoms with Gasteiger partial charge in [-0.15, -0.1) is 0 Å². The molecule has 4 unspecified atom stereocenters. The predicted molar refractivity (Wildman–Crippen MR) is 227 cm³/mol. The lowest BCUT2D eigenvalue weighted by Crippen LogP contribution is -3.00. The summed E-state index contributed by atoms with van der Waals surface area (Å²) in [5.41, 5.74) is 0. The van der Waals surface area contributed by atoms with Crippen molar-refractivity contribution in [1.82, 2.24) is 0 Å². The van der Waals surface area contributed by atoms with Gasteiger partial charge in [-0.2, -0.15) is 0 Å². The van der Waals surface area contributed by atoms with Gasteiger partial charge in [0.15, 0.2) is 0 Å². The molecule has 6 nitrogen and oxygen atoms in total. The van der Waals surface area contributed by atoms with Crippen LogP contribution in [0.3, 0.4) is 0 Å². The van der Waals surface area contributed by atoms with Gasteiger partial charge in [-0.1, -0.05) is 142 Å². The molecule has 0 saturated carbocycles. The van der Waals surface area contributed by atoms with Crippen LogP contribution in [-0.4, -0.2) is 106 Å². The van der Waals surface area contributed by atoms with Crippen molar-refractivity contribution in [2.45, 2.75) is 246 Å². The van der Waals surface area contributed by atoms with Gasteiger partial charge in [-0.05, 0) is 79.1 Å². The number of rotatable bonds is 41. The van der Waals surface area contributed by atoms with Crippen LogP contribution in [0, 0.1) is 0 Å². The van der Waals surface area contributed by atoms with Crippen molar-refractivity contribution < 1.29 is 63.4 Å². The highest BCUT2D eigenvalue weighted by atomic mass is 79.9. The van der Waals surface area contributed by atoms with E-state index >= 15 is 0 Å². The fourth-order valence-corrected chi connectivity index (χ4v) is 9.17. The molecule has 0 bridgehead atoms. The topological polar surface area (TPSA) is 80.9 Å². The first-order valence-corrected chi connectivity index (χ1v) is 23.4. The zero-order valence-electron chi connectivity index (χ0n) is 37.2. The van der Waals surface area contributed by atoms with E-state index in [9.17, 15) is 20.4 Å².